The smallest absolute Gasteiger partial charge is 0.407 e. The molecule has 0 fully saturated rings. The van der Waals surface area contributed by atoms with Gasteiger partial charge in [-0.1, -0.05) is 30.3 Å². The minimum Gasteiger partial charge on any atom is -0.445 e. The number of hydrogen-bond donors (Lipinski definition) is 3. The van der Waals surface area contributed by atoms with Crippen LogP contribution in [-0.4, -0.2) is 30.4 Å². The molecule has 1 rings (SSSR count). The number of nitrogens with two attached hydrogens (primary N) is 1. The van der Waals surface area contributed by atoms with Crippen molar-refractivity contribution in [2.75, 3.05) is 13.2 Å². The zero-order valence-electron chi connectivity index (χ0n) is 9.33. The number of nitrogens with one attached hydrogen (secondary N) is 1. The lowest BCUT2D eigenvalue weighted by atomic mass is 10.2. The molecule has 0 aliphatic carbocycles. The molecule has 96 valence electrons. The molecule has 6 heteroatoms. The molecule has 0 spiro atoms. The van der Waals surface area contributed by atoms with Gasteiger partial charge in [0.15, 0.2) is 0 Å². The van der Waals surface area contributed by atoms with E-state index in [1.165, 1.54) is 0 Å². The lowest BCUT2D eigenvalue weighted by Gasteiger charge is -2.13. The number of rotatable bonds is 5. The van der Waals surface area contributed by atoms with Crippen LogP contribution < -0.4 is 11.1 Å². The molecule has 0 bridgehead atoms. The number of carbonyl (C=O) groups excluding carboxylic acids is 1. The van der Waals surface area contributed by atoms with Gasteiger partial charge in [0.1, 0.15) is 6.61 Å². The maximum atomic E-state index is 11.2. The standard InChI is InChI=1S/C11H16N2O3.ClH/c12-6-10(7-14)13-11(15)16-8-9-4-2-1-3-5-9;/h1-5,10,14H,6-8,12H2,(H,13,15);1H/t10-;/m1./s1. The number of amides is 1. The third-order valence-corrected chi connectivity index (χ3v) is 2.04. The Kier molecular flexibility index (Phi) is 8.13. The highest BCUT2D eigenvalue weighted by Gasteiger charge is 2.09. The molecule has 1 aromatic carbocycles. The fourth-order valence-electron chi connectivity index (χ4n) is 1.11. The fourth-order valence-corrected chi connectivity index (χ4v) is 1.11. The summed E-state index contributed by atoms with van der Waals surface area (Å²) < 4.78 is 4.95. The minimum atomic E-state index is -0.576. The second-order valence-corrected chi connectivity index (χ2v) is 3.32. The van der Waals surface area contributed by atoms with E-state index >= 15 is 0 Å². The second-order valence-electron chi connectivity index (χ2n) is 3.32. The molecule has 4 N–H and O–H groups in total. The summed E-state index contributed by atoms with van der Waals surface area (Å²) in [5, 5.41) is 11.3. The number of benzene rings is 1. The molecule has 0 radical (unpaired) electrons. The van der Waals surface area contributed by atoms with Crippen molar-refractivity contribution in [1.82, 2.24) is 5.32 Å². The van der Waals surface area contributed by atoms with Crippen LogP contribution in [0, 0.1) is 0 Å². The molecule has 1 aromatic rings. The van der Waals surface area contributed by atoms with Crippen LogP contribution in [0.25, 0.3) is 0 Å². The molecule has 1 atom stereocenters. The van der Waals surface area contributed by atoms with Crippen molar-refractivity contribution in [2.24, 2.45) is 5.73 Å². The van der Waals surface area contributed by atoms with Crippen LogP contribution >= 0.6 is 12.4 Å². The average molecular weight is 261 g/mol. The third kappa shape index (κ3) is 6.11. The SMILES string of the molecule is Cl.NC[C@H](CO)NC(=O)OCc1ccccc1. The molecule has 0 heterocycles. The van der Waals surface area contributed by atoms with Gasteiger partial charge in [0.05, 0.1) is 12.6 Å². The van der Waals surface area contributed by atoms with Gasteiger partial charge in [-0.15, -0.1) is 12.4 Å². The Morgan fingerprint density at radius 3 is 2.59 bits per heavy atom. The van der Waals surface area contributed by atoms with Gasteiger partial charge >= 0.3 is 6.09 Å². The topological polar surface area (TPSA) is 84.6 Å². The van der Waals surface area contributed by atoms with E-state index < -0.39 is 12.1 Å². The van der Waals surface area contributed by atoms with Crippen LogP contribution in [0.15, 0.2) is 30.3 Å². The number of hydrogen-bond acceptors (Lipinski definition) is 4. The Morgan fingerprint density at radius 1 is 1.41 bits per heavy atom. The highest BCUT2D eigenvalue weighted by Crippen LogP contribution is 2.00. The van der Waals surface area contributed by atoms with E-state index in [1.54, 1.807) is 0 Å². The monoisotopic (exact) mass is 260 g/mol. The number of alkyl carbamates (subject to hydrolysis) is 1. The summed E-state index contributed by atoms with van der Waals surface area (Å²) in [6, 6.07) is 8.89. The van der Waals surface area contributed by atoms with Crippen molar-refractivity contribution >= 4 is 18.5 Å². The Bertz CT molecular complexity index is 318. The molecule has 17 heavy (non-hydrogen) atoms. The van der Waals surface area contributed by atoms with Crippen LogP contribution in [0.4, 0.5) is 4.79 Å². The minimum absolute atomic E-state index is 0. The van der Waals surface area contributed by atoms with Crippen LogP contribution in [0.1, 0.15) is 5.56 Å². The van der Waals surface area contributed by atoms with E-state index in [0.29, 0.717) is 0 Å². The quantitative estimate of drug-likeness (QED) is 0.726. The van der Waals surface area contributed by atoms with Crippen molar-refractivity contribution in [3.05, 3.63) is 35.9 Å². The van der Waals surface area contributed by atoms with Crippen molar-refractivity contribution in [3.8, 4) is 0 Å². The summed E-state index contributed by atoms with van der Waals surface area (Å²) in [5.74, 6) is 0. The van der Waals surface area contributed by atoms with Crippen LogP contribution in [0.3, 0.4) is 0 Å². The van der Waals surface area contributed by atoms with Gasteiger partial charge in [-0.2, -0.15) is 0 Å². The van der Waals surface area contributed by atoms with Crippen molar-refractivity contribution in [2.45, 2.75) is 12.6 Å². The normalized spacial score (nSPS) is 11.2. The highest BCUT2D eigenvalue weighted by atomic mass is 35.5. The number of carbonyl (C=O) groups is 1. The predicted octanol–water partition coefficient (Wildman–Crippen LogP) is 0.654. The molecule has 1 amide bonds. The summed E-state index contributed by atoms with van der Waals surface area (Å²) in [6.07, 6.45) is -0.576. The number of halogens is 1. The van der Waals surface area contributed by atoms with Gasteiger partial charge in [0, 0.05) is 6.54 Å². The predicted molar refractivity (Wildman–Crippen MR) is 66.9 cm³/mol. The van der Waals surface area contributed by atoms with Gasteiger partial charge in [-0.25, -0.2) is 4.79 Å². The Morgan fingerprint density at radius 2 is 2.06 bits per heavy atom. The molecule has 0 saturated carbocycles. The molecule has 0 aliphatic heterocycles. The summed E-state index contributed by atoms with van der Waals surface area (Å²) in [5.41, 5.74) is 6.22. The summed E-state index contributed by atoms with van der Waals surface area (Å²) in [7, 11) is 0. The fraction of sp³-hybridized carbons (Fsp3) is 0.364. The maximum Gasteiger partial charge on any atom is 0.407 e. The molecule has 5 nitrogen and oxygen atoms in total. The van der Waals surface area contributed by atoms with Crippen LogP contribution in [0.5, 0.6) is 0 Å². The zero-order valence-corrected chi connectivity index (χ0v) is 10.2. The number of aliphatic hydroxyl groups is 1. The van der Waals surface area contributed by atoms with Gasteiger partial charge in [0.25, 0.3) is 0 Å². The molecule has 0 aromatic heterocycles. The first-order chi connectivity index (χ1) is 7.76. The van der Waals surface area contributed by atoms with E-state index in [4.69, 9.17) is 15.6 Å². The Hall–Kier alpha value is -1.30. The summed E-state index contributed by atoms with van der Waals surface area (Å²) in [4.78, 5) is 11.2. The Labute approximate surface area is 106 Å². The maximum absolute atomic E-state index is 11.2. The van der Waals surface area contributed by atoms with Gasteiger partial charge in [-0.05, 0) is 5.56 Å². The van der Waals surface area contributed by atoms with E-state index in [0.717, 1.165) is 5.56 Å². The van der Waals surface area contributed by atoms with Crippen molar-refractivity contribution in [3.63, 3.8) is 0 Å². The summed E-state index contributed by atoms with van der Waals surface area (Å²) >= 11 is 0. The Balaban J connectivity index is 0.00000256. The summed E-state index contributed by atoms with van der Waals surface area (Å²) in [6.45, 7) is 0.184. The van der Waals surface area contributed by atoms with Gasteiger partial charge in [-0.3, -0.25) is 0 Å². The molecular weight excluding hydrogens is 244 g/mol. The van der Waals surface area contributed by atoms with E-state index in [2.05, 4.69) is 5.32 Å². The molecule has 0 unspecified atom stereocenters. The number of aliphatic hydroxyl groups excluding tert-OH is 1. The van der Waals surface area contributed by atoms with Crippen molar-refractivity contribution in [1.29, 1.82) is 0 Å². The highest BCUT2D eigenvalue weighted by molar-refractivity contribution is 5.85. The second kappa shape index (κ2) is 8.81. The first-order valence-electron chi connectivity index (χ1n) is 5.04. The number of ether oxygens (including phenoxy) is 1. The first kappa shape index (κ1) is 15.7. The van der Waals surface area contributed by atoms with Crippen LogP contribution in [0.2, 0.25) is 0 Å². The van der Waals surface area contributed by atoms with Crippen molar-refractivity contribution < 1.29 is 14.6 Å². The lowest BCUT2D eigenvalue weighted by molar-refractivity contribution is 0.130. The molecular formula is C11H17ClN2O3. The zero-order chi connectivity index (χ0) is 11.8. The first-order valence-corrected chi connectivity index (χ1v) is 5.04. The van der Waals surface area contributed by atoms with Gasteiger partial charge < -0.3 is 20.9 Å². The largest absolute Gasteiger partial charge is 0.445 e. The molecule has 0 saturated heterocycles. The van der Waals surface area contributed by atoms with E-state index in [9.17, 15) is 4.79 Å². The van der Waals surface area contributed by atoms with E-state index in [1.807, 2.05) is 30.3 Å². The van der Waals surface area contributed by atoms with Crippen LogP contribution in [-0.2, 0) is 11.3 Å². The lowest BCUT2D eigenvalue weighted by Crippen LogP contribution is -2.42. The average Bonchev–Trinajstić information content (AvgIpc) is 2.34. The van der Waals surface area contributed by atoms with Gasteiger partial charge in [0.2, 0.25) is 0 Å². The molecule has 0 aliphatic rings. The van der Waals surface area contributed by atoms with E-state index in [-0.39, 0.29) is 32.2 Å². The third-order valence-electron chi connectivity index (χ3n) is 2.04.